The summed E-state index contributed by atoms with van der Waals surface area (Å²) in [5, 5.41) is 5.95. The summed E-state index contributed by atoms with van der Waals surface area (Å²) < 4.78 is 0. The Morgan fingerprint density at radius 2 is 2.33 bits per heavy atom. The van der Waals surface area contributed by atoms with Crippen molar-refractivity contribution in [3.05, 3.63) is 0 Å². The van der Waals surface area contributed by atoms with Crippen LogP contribution in [0.3, 0.4) is 0 Å². The van der Waals surface area contributed by atoms with Crippen LogP contribution in [0.4, 0.5) is 0 Å². The van der Waals surface area contributed by atoms with Crippen LogP contribution in [0.2, 0.25) is 0 Å². The summed E-state index contributed by atoms with van der Waals surface area (Å²) in [6.07, 6.45) is 0.999. The number of hydrogen-bond donors (Lipinski definition) is 2. The molecule has 2 atom stereocenters. The van der Waals surface area contributed by atoms with Crippen LogP contribution in [0.25, 0.3) is 0 Å². The van der Waals surface area contributed by atoms with Crippen molar-refractivity contribution in [3.63, 3.8) is 0 Å². The Hall–Kier alpha value is -0.280. The van der Waals surface area contributed by atoms with E-state index in [9.17, 15) is 4.79 Å². The van der Waals surface area contributed by atoms with E-state index in [0.29, 0.717) is 6.04 Å². The minimum absolute atomic E-state index is 0. The van der Waals surface area contributed by atoms with Gasteiger partial charge in [-0.25, -0.2) is 0 Å². The Labute approximate surface area is 59.6 Å². The van der Waals surface area contributed by atoms with Crippen molar-refractivity contribution in [3.8, 4) is 0 Å². The van der Waals surface area contributed by atoms with E-state index in [1.165, 1.54) is 0 Å². The van der Waals surface area contributed by atoms with E-state index in [2.05, 4.69) is 10.6 Å². The van der Waals surface area contributed by atoms with Crippen LogP contribution in [0, 0.1) is 0 Å². The summed E-state index contributed by atoms with van der Waals surface area (Å²) in [4.78, 5) is 10.7. The Bertz CT molecular complexity index is 139. The van der Waals surface area contributed by atoms with Crippen LogP contribution in [0.5, 0.6) is 0 Å². The molecule has 0 radical (unpaired) electrons. The van der Waals surface area contributed by atoms with Gasteiger partial charge in [0.05, 0.1) is 6.04 Å². The molecule has 2 bridgehead atoms. The van der Waals surface area contributed by atoms with Crippen molar-refractivity contribution >= 4 is 18.3 Å². The minimum atomic E-state index is 0. The van der Waals surface area contributed by atoms with Gasteiger partial charge in [0.1, 0.15) is 0 Å². The van der Waals surface area contributed by atoms with E-state index in [1.54, 1.807) is 0 Å². The lowest BCUT2D eigenvalue weighted by Gasteiger charge is -2.10. The number of piperazine rings is 1. The molecule has 9 heavy (non-hydrogen) atoms. The van der Waals surface area contributed by atoms with Crippen molar-refractivity contribution in [2.45, 2.75) is 18.5 Å². The SMILES string of the molecule is Cl.O=C1NC2CNC1C2. The van der Waals surface area contributed by atoms with Crippen molar-refractivity contribution < 1.29 is 4.79 Å². The molecule has 0 spiro atoms. The second-order valence-electron chi connectivity index (χ2n) is 2.40. The molecule has 2 rings (SSSR count). The van der Waals surface area contributed by atoms with Crippen LogP contribution in [0.15, 0.2) is 0 Å². The first-order valence-electron chi connectivity index (χ1n) is 2.90. The monoisotopic (exact) mass is 148 g/mol. The maximum atomic E-state index is 10.7. The van der Waals surface area contributed by atoms with Crippen LogP contribution in [-0.4, -0.2) is 24.5 Å². The van der Waals surface area contributed by atoms with Gasteiger partial charge in [-0.05, 0) is 6.42 Å². The molecule has 52 valence electrons. The maximum Gasteiger partial charge on any atom is 0.237 e. The average molecular weight is 149 g/mol. The molecule has 0 aromatic rings. The lowest BCUT2D eigenvalue weighted by atomic mass is 10.2. The van der Waals surface area contributed by atoms with Gasteiger partial charge in [0, 0.05) is 12.6 Å². The fourth-order valence-electron chi connectivity index (χ4n) is 1.35. The molecule has 1 amide bonds. The zero-order valence-electron chi connectivity index (χ0n) is 4.89. The Morgan fingerprint density at radius 1 is 1.56 bits per heavy atom. The molecule has 2 aliphatic heterocycles. The third-order valence-corrected chi connectivity index (χ3v) is 1.79. The molecule has 4 heteroatoms. The second-order valence-corrected chi connectivity index (χ2v) is 2.40. The number of rotatable bonds is 0. The van der Waals surface area contributed by atoms with Gasteiger partial charge < -0.3 is 10.6 Å². The van der Waals surface area contributed by atoms with Crippen molar-refractivity contribution in [1.29, 1.82) is 0 Å². The summed E-state index contributed by atoms with van der Waals surface area (Å²) in [6.45, 7) is 0.969. The standard InChI is InChI=1S/C5H8N2O.ClH/c8-5-4-1-3(7-5)2-6-4;/h3-4,6H,1-2H2,(H,7,8);1H. The van der Waals surface area contributed by atoms with Gasteiger partial charge in [-0.3, -0.25) is 4.79 Å². The molecule has 0 saturated carbocycles. The van der Waals surface area contributed by atoms with Crippen LogP contribution < -0.4 is 10.6 Å². The van der Waals surface area contributed by atoms with Crippen LogP contribution >= 0.6 is 12.4 Å². The van der Waals surface area contributed by atoms with Gasteiger partial charge in [-0.2, -0.15) is 0 Å². The van der Waals surface area contributed by atoms with Crippen molar-refractivity contribution in [2.75, 3.05) is 6.54 Å². The van der Waals surface area contributed by atoms with Crippen molar-refractivity contribution in [1.82, 2.24) is 10.6 Å². The molecule has 2 N–H and O–H groups in total. The number of carbonyl (C=O) groups excluding carboxylic acids is 1. The van der Waals surface area contributed by atoms with E-state index < -0.39 is 0 Å². The number of hydrogen-bond acceptors (Lipinski definition) is 2. The lowest BCUT2D eigenvalue weighted by Crippen LogP contribution is -2.44. The summed E-state index contributed by atoms with van der Waals surface area (Å²) in [5.74, 6) is 0.182. The topological polar surface area (TPSA) is 41.1 Å². The Balaban J connectivity index is 0.000000405. The van der Waals surface area contributed by atoms with Gasteiger partial charge >= 0.3 is 0 Å². The van der Waals surface area contributed by atoms with Gasteiger partial charge in [-0.15, -0.1) is 12.4 Å². The van der Waals surface area contributed by atoms with E-state index in [-0.39, 0.29) is 24.4 Å². The average Bonchev–Trinajstić information content (AvgIpc) is 2.23. The predicted molar refractivity (Wildman–Crippen MR) is 35.6 cm³/mol. The number of halogens is 1. The third-order valence-electron chi connectivity index (χ3n) is 1.79. The molecular formula is C5H9ClN2O. The minimum Gasteiger partial charge on any atom is -0.351 e. The number of fused-ring (bicyclic) bond motifs is 2. The van der Waals surface area contributed by atoms with Gasteiger partial charge in [0.15, 0.2) is 0 Å². The molecule has 2 unspecified atom stereocenters. The fraction of sp³-hybridized carbons (Fsp3) is 0.800. The molecule has 0 aromatic heterocycles. The molecule has 2 aliphatic rings. The number of amides is 1. The molecular weight excluding hydrogens is 140 g/mol. The lowest BCUT2D eigenvalue weighted by molar-refractivity contribution is -0.121. The summed E-state index contributed by atoms with van der Waals surface area (Å²) in [6, 6.07) is 0.576. The normalized spacial score (nSPS) is 38.0. The summed E-state index contributed by atoms with van der Waals surface area (Å²) in [7, 11) is 0. The largest absolute Gasteiger partial charge is 0.351 e. The fourth-order valence-corrected chi connectivity index (χ4v) is 1.35. The van der Waals surface area contributed by atoms with E-state index in [0.717, 1.165) is 13.0 Å². The van der Waals surface area contributed by atoms with Crippen LogP contribution in [0.1, 0.15) is 6.42 Å². The molecule has 0 aromatic carbocycles. The van der Waals surface area contributed by atoms with Gasteiger partial charge in [0.25, 0.3) is 0 Å². The van der Waals surface area contributed by atoms with Gasteiger partial charge in [0.2, 0.25) is 5.91 Å². The second kappa shape index (κ2) is 2.15. The van der Waals surface area contributed by atoms with E-state index in [4.69, 9.17) is 0 Å². The zero-order chi connectivity index (χ0) is 5.56. The highest BCUT2D eigenvalue weighted by molar-refractivity contribution is 5.85. The predicted octanol–water partition coefficient (Wildman–Crippen LogP) is -0.732. The van der Waals surface area contributed by atoms with E-state index in [1.807, 2.05) is 0 Å². The van der Waals surface area contributed by atoms with Gasteiger partial charge in [-0.1, -0.05) is 0 Å². The first-order chi connectivity index (χ1) is 3.86. The molecule has 3 nitrogen and oxygen atoms in total. The highest BCUT2D eigenvalue weighted by atomic mass is 35.5. The maximum absolute atomic E-state index is 10.7. The molecule has 2 fully saturated rings. The highest BCUT2D eigenvalue weighted by Crippen LogP contribution is 2.13. The zero-order valence-corrected chi connectivity index (χ0v) is 5.70. The Morgan fingerprint density at radius 3 is 2.56 bits per heavy atom. The van der Waals surface area contributed by atoms with E-state index >= 15 is 0 Å². The molecule has 2 saturated heterocycles. The van der Waals surface area contributed by atoms with Crippen LogP contribution in [-0.2, 0) is 4.79 Å². The first-order valence-corrected chi connectivity index (χ1v) is 2.90. The first kappa shape index (κ1) is 6.83. The number of nitrogens with one attached hydrogen (secondary N) is 2. The molecule has 0 aliphatic carbocycles. The summed E-state index contributed by atoms with van der Waals surface area (Å²) in [5.41, 5.74) is 0. The smallest absolute Gasteiger partial charge is 0.237 e. The summed E-state index contributed by atoms with van der Waals surface area (Å²) >= 11 is 0. The molecule has 2 heterocycles. The quantitative estimate of drug-likeness (QED) is 0.476. The van der Waals surface area contributed by atoms with Crippen molar-refractivity contribution in [2.24, 2.45) is 0 Å². The number of carbonyl (C=O) groups is 1. The Kier molecular flexibility index (Phi) is 1.64. The third kappa shape index (κ3) is 0.904. The highest BCUT2D eigenvalue weighted by Gasteiger charge is 2.37.